The first-order chi connectivity index (χ1) is 6.61. The molecular formula is C9H18N4O. The number of hydrogen-bond donors (Lipinski definition) is 2. The minimum absolute atomic E-state index is 0.0924. The second kappa shape index (κ2) is 4.83. The molecule has 0 aromatic carbocycles. The summed E-state index contributed by atoms with van der Waals surface area (Å²) in [6, 6.07) is -0.0924. The minimum Gasteiger partial charge on any atom is -0.387 e. The molecule has 0 heterocycles. The van der Waals surface area contributed by atoms with Crippen molar-refractivity contribution in [1.82, 2.24) is 10.2 Å². The number of amides is 2. The van der Waals surface area contributed by atoms with Crippen molar-refractivity contribution in [3.63, 3.8) is 0 Å². The number of nitrogens with one attached hydrogen (secondary N) is 1. The van der Waals surface area contributed by atoms with Gasteiger partial charge in [0.15, 0.2) is 0 Å². The summed E-state index contributed by atoms with van der Waals surface area (Å²) in [4.78, 5) is 16.7. The van der Waals surface area contributed by atoms with Gasteiger partial charge in [0, 0.05) is 26.6 Å². The molecule has 0 atom stereocenters. The lowest BCUT2D eigenvalue weighted by Crippen LogP contribution is -2.36. The van der Waals surface area contributed by atoms with E-state index in [-0.39, 0.29) is 6.03 Å². The van der Waals surface area contributed by atoms with Crippen LogP contribution in [0.25, 0.3) is 0 Å². The highest BCUT2D eigenvalue weighted by atomic mass is 16.2. The van der Waals surface area contributed by atoms with Crippen LogP contribution >= 0.6 is 0 Å². The molecule has 1 fully saturated rings. The second-order valence-corrected chi connectivity index (χ2v) is 3.71. The van der Waals surface area contributed by atoms with Gasteiger partial charge in [-0.15, -0.1) is 0 Å². The molecule has 1 rings (SSSR count). The highest BCUT2D eigenvalue weighted by molar-refractivity contribution is 5.84. The predicted molar refractivity (Wildman–Crippen MR) is 56.3 cm³/mol. The maximum atomic E-state index is 11.1. The van der Waals surface area contributed by atoms with E-state index in [0.29, 0.717) is 19.0 Å². The standard InChI is InChI=1S/C9H18N4O/c1-13(2)9(14)12-6-5-11-8(10)7-3-4-7/h7H,3-6H2,1-2H3,(H2,10,11)(H,12,14). The van der Waals surface area contributed by atoms with Crippen molar-refractivity contribution >= 4 is 11.9 Å². The van der Waals surface area contributed by atoms with Crippen LogP contribution in [0.3, 0.4) is 0 Å². The van der Waals surface area contributed by atoms with Gasteiger partial charge in [-0.05, 0) is 12.8 Å². The van der Waals surface area contributed by atoms with Crippen LogP contribution < -0.4 is 11.1 Å². The zero-order valence-electron chi connectivity index (χ0n) is 8.79. The molecule has 5 nitrogen and oxygen atoms in total. The molecule has 0 aromatic heterocycles. The van der Waals surface area contributed by atoms with E-state index in [9.17, 15) is 4.79 Å². The van der Waals surface area contributed by atoms with Crippen LogP contribution in [0.4, 0.5) is 4.79 Å². The highest BCUT2D eigenvalue weighted by Gasteiger charge is 2.24. The van der Waals surface area contributed by atoms with E-state index in [2.05, 4.69) is 10.3 Å². The first-order valence-corrected chi connectivity index (χ1v) is 4.86. The maximum absolute atomic E-state index is 11.1. The molecule has 1 aliphatic rings. The Morgan fingerprint density at radius 1 is 1.57 bits per heavy atom. The predicted octanol–water partition coefficient (Wildman–Crippen LogP) is 0.0248. The lowest BCUT2D eigenvalue weighted by Gasteiger charge is -2.10. The molecule has 0 saturated heterocycles. The van der Waals surface area contributed by atoms with E-state index in [1.807, 2.05) is 0 Å². The van der Waals surface area contributed by atoms with Crippen molar-refractivity contribution in [2.24, 2.45) is 16.6 Å². The fourth-order valence-corrected chi connectivity index (χ4v) is 1.01. The molecular weight excluding hydrogens is 180 g/mol. The zero-order chi connectivity index (χ0) is 10.6. The van der Waals surface area contributed by atoms with E-state index in [4.69, 9.17) is 5.73 Å². The van der Waals surface area contributed by atoms with Crippen LogP contribution in [0.2, 0.25) is 0 Å². The largest absolute Gasteiger partial charge is 0.387 e. The van der Waals surface area contributed by atoms with Crippen molar-refractivity contribution in [1.29, 1.82) is 0 Å². The SMILES string of the molecule is CN(C)C(=O)NCCN=C(N)C1CC1. The van der Waals surface area contributed by atoms with Gasteiger partial charge in [0.25, 0.3) is 0 Å². The summed E-state index contributed by atoms with van der Waals surface area (Å²) in [6.07, 6.45) is 2.33. The van der Waals surface area contributed by atoms with Gasteiger partial charge in [-0.3, -0.25) is 4.99 Å². The van der Waals surface area contributed by atoms with Gasteiger partial charge >= 0.3 is 6.03 Å². The number of rotatable bonds is 4. The first-order valence-electron chi connectivity index (χ1n) is 4.86. The number of carbonyl (C=O) groups is 1. The molecule has 3 N–H and O–H groups in total. The fraction of sp³-hybridized carbons (Fsp3) is 0.778. The summed E-state index contributed by atoms with van der Waals surface area (Å²) in [5.41, 5.74) is 5.68. The Hall–Kier alpha value is -1.26. The molecule has 0 radical (unpaired) electrons. The molecule has 2 amide bonds. The van der Waals surface area contributed by atoms with E-state index < -0.39 is 0 Å². The quantitative estimate of drug-likeness (QED) is 0.380. The number of hydrogen-bond acceptors (Lipinski definition) is 2. The van der Waals surface area contributed by atoms with Gasteiger partial charge in [-0.25, -0.2) is 4.79 Å². The van der Waals surface area contributed by atoms with Crippen molar-refractivity contribution in [3.8, 4) is 0 Å². The second-order valence-electron chi connectivity index (χ2n) is 3.71. The average molecular weight is 198 g/mol. The number of amidine groups is 1. The first kappa shape index (κ1) is 10.8. The Morgan fingerprint density at radius 2 is 2.21 bits per heavy atom. The smallest absolute Gasteiger partial charge is 0.316 e. The number of nitrogens with two attached hydrogens (primary N) is 1. The Morgan fingerprint density at radius 3 is 2.71 bits per heavy atom. The van der Waals surface area contributed by atoms with Crippen molar-refractivity contribution in [2.45, 2.75) is 12.8 Å². The van der Waals surface area contributed by atoms with Gasteiger partial charge in [-0.2, -0.15) is 0 Å². The molecule has 1 aliphatic carbocycles. The summed E-state index contributed by atoms with van der Waals surface area (Å²) in [7, 11) is 3.41. The van der Waals surface area contributed by atoms with Crippen LogP contribution in [-0.4, -0.2) is 44.0 Å². The zero-order valence-corrected chi connectivity index (χ0v) is 8.79. The van der Waals surface area contributed by atoms with Crippen molar-refractivity contribution in [2.75, 3.05) is 27.2 Å². The van der Waals surface area contributed by atoms with Gasteiger partial charge in [0.2, 0.25) is 0 Å². The lowest BCUT2D eigenvalue weighted by molar-refractivity contribution is 0.218. The van der Waals surface area contributed by atoms with Gasteiger partial charge < -0.3 is 16.0 Å². The molecule has 14 heavy (non-hydrogen) atoms. The summed E-state index contributed by atoms with van der Waals surface area (Å²) >= 11 is 0. The molecule has 80 valence electrons. The third-order valence-electron chi connectivity index (χ3n) is 2.08. The third kappa shape index (κ3) is 3.64. The Kier molecular flexibility index (Phi) is 3.73. The number of nitrogens with zero attached hydrogens (tertiary/aromatic N) is 2. The molecule has 0 spiro atoms. The fourth-order valence-electron chi connectivity index (χ4n) is 1.01. The third-order valence-corrected chi connectivity index (χ3v) is 2.08. The number of aliphatic imine (C=N–C) groups is 1. The summed E-state index contributed by atoms with van der Waals surface area (Å²) < 4.78 is 0. The monoisotopic (exact) mass is 198 g/mol. The summed E-state index contributed by atoms with van der Waals surface area (Å²) in [5, 5.41) is 2.72. The van der Waals surface area contributed by atoms with Crippen molar-refractivity contribution < 1.29 is 4.79 Å². The van der Waals surface area contributed by atoms with Crippen LogP contribution in [0.15, 0.2) is 4.99 Å². The highest BCUT2D eigenvalue weighted by Crippen LogP contribution is 2.28. The summed E-state index contributed by atoms with van der Waals surface area (Å²) in [6.45, 7) is 1.12. The van der Waals surface area contributed by atoms with Crippen molar-refractivity contribution in [3.05, 3.63) is 0 Å². The van der Waals surface area contributed by atoms with Crippen LogP contribution in [0.5, 0.6) is 0 Å². The van der Waals surface area contributed by atoms with Crippen LogP contribution in [-0.2, 0) is 0 Å². The number of carbonyl (C=O) groups excluding carboxylic acids is 1. The Labute approximate surface area is 84.4 Å². The molecule has 0 aromatic rings. The lowest BCUT2D eigenvalue weighted by atomic mass is 10.4. The normalized spacial score (nSPS) is 16.6. The summed E-state index contributed by atoms with van der Waals surface area (Å²) in [5.74, 6) is 1.25. The van der Waals surface area contributed by atoms with E-state index in [1.165, 1.54) is 17.7 Å². The molecule has 1 saturated carbocycles. The molecule has 0 unspecified atom stereocenters. The Bertz CT molecular complexity index is 233. The number of urea groups is 1. The van der Waals surface area contributed by atoms with Crippen LogP contribution in [0.1, 0.15) is 12.8 Å². The van der Waals surface area contributed by atoms with Gasteiger partial charge in [0.1, 0.15) is 0 Å². The molecule has 0 aliphatic heterocycles. The van der Waals surface area contributed by atoms with Crippen LogP contribution in [0, 0.1) is 5.92 Å². The van der Waals surface area contributed by atoms with Gasteiger partial charge in [-0.1, -0.05) is 0 Å². The average Bonchev–Trinajstić information content (AvgIpc) is 2.94. The molecule has 0 bridgehead atoms. The van der Waals surface area contributed by atoms with E-state index in [1.54, 1.807) is 14.1 Å². The van der Waals surface area contributed by atoms with E-state index >= 15 is 0 Å². The Balaban J connectivity index is 2.09. The maximum Gasteiger partial charge on any atom is 0.316 e. The van der Waals surface area contributed by atoms with E-state index in [0.717, 1.165) is 5.84 Å². The molecule has 5 heteroatoms. The minimum atomic E-state index is -0.0924. The topological polar surface area (TPSA) is 70.7 Å². The van der Waals surface area contributed by atoms with Gasteiger partial charge in [0.05, 0.1) is 12.4 Å².